The Morgan fingerprint density at radius 2 is 2.12 bits per heavy atom. The number of halogens is 2. The first-order valence-electron chi connectivity index (χ1n) is 7.88. The molecule has 0 aliphatic heterocycles. The molecule has 0 spiro atoms. The summed E-state index contributed by atoms with van der Waals surface area (Å²) in [5.74, 6) is 0.0953. The van der Waals surface area contributed by atoms with Crippen molar-refractivity contribution >= 4 is 22.7 Å². The third-order valence-electron chi connectivity index (χ3n) is 3.75. The van der Waals surface area contributed by atoms with Gasteiger partial charge < -0.3 is 9.84 Å². The average molecular weight is 355 g/mol. The molecule has 132 valence electrons. The van der Waals surface area contributed by atoms with Crippen molar-refractivity contribution in [1.82, 2.24) is 9.55 Å². The zero-order valence-corrected chi connectivity index (χ0v) is 13.9. The van der Waals surface area contributed by atoms with E-state index in [1.807, 2.05) is 6.07 Å². The second kappa shape index (κ2) is 7.23. The normalized spacial score (nSPS) is 11.7. The van der Waals surface area contributed by atoms with E-state index in [1.54, 1.807) is 31.2 Å². The topological polar surface area (TPSA) is 71.1 Å². The summed E-state index contributed by atoms with van der Waals surface area (Å²) in [7, 11) is 0. The average Bonchev–Trinajstić information content (AvgIpc) is 3.02. The van der Waals surface area contributed by atoms with Gasteiger partial charge in [0.1, 0.15) is 6.07 Å². The Balaban J connectivity index is 2.14. The molecular formula is C19H15F2N3O2. The van der Waals surface area contributed by atoms with Gasteiger partial charge in [-0.25, -0.2) is 4.98 Å². The summed E-state index contributed by atoms with van der Waals surface area (Å²) in [6, 6.07) is 12.9. The van der Waals surface area contributed by atoms with Crippen LogP contribution in [0, 0.1) is 11.3 Å². The predicted molar refractivity (Wildman–Crippen MR) is 93.7 cm³/mol. The fourth-order valence-electron chi connectivity index (χ4n) is 2.64. The molecule has 3 rings (SSSR count). The lowest BCUT2D eigenvalue weighted by molar-refractivity contribution is 0.0738. The molecule has 0 amide bonds. The van der Waals surface area contributed by atoms with Gasteiger partial charge >= 0.3 is 6.55 Å². The Bertz CT molecular complexity index is 1020. The summed E-state index contributed by atoms with van der Waals surface area (Å²) in [6.07, 6.45) is 1.43. The number of allylic oxidation sites excluding steroid dienone is 1. The molecule has 0 saturated heterocycles. The van der Waals surface area contributed by atoms with Crippen LogP contribution in [0.15, 0.2) is 42.5 Å². The summed E-state index contributed by atoms with van der Waals surface area (Å²) in [5, 5.41) is 19.3. The smallest absolute Gasteiger partial charge is 0.320 e. The van der Waals surface area contributed by atoms with Crippen molar-refractivity contribution in [2.24, 2.45) is 0 Å². The largest absolute Gasteiger partial charge is 0.504 e. The Kier molecular flexibility index (Phi) is 4.85. The number of imidazole rings is 1. The first kappa shape index (κ1) is 17.4. The van der Waals surface area contributed by atoms with Gasteiger partial charge in [0.15, 0.2) is 17.3 Å². The third kappa shape index (κ3) is 3.22. The number of nitriles is 1. The molecule has 0 fully saturated rings. The fraction of sp³-hybridized carbons (Fsp3) is 0.158. The number of phenolic OH excluding ortho intramolecular Hbond substituents is 1. The number of nitrogens with zero attached hydrogens (tertiary/aromatic N) is 3. The Morgan fingerprint density at radius 3 is 2.81 bits per heavy atom. The molecule has 0 aliphatic rings. The van der Waals surface area contributed by atoms with Crippen molar-refractivity contribution in [2.45, 2.75) is 13.5 Å². The zero-order valence-electron chi connectivity index (χ0n) is 13.9. The van der Waals surface area contributed by atoms with Crippen LogP contribution in [-0.2, 0) is 0 Å². The van der Waals surface area contributed by atoms with Gasteiger partial charge in [0.25, 0.3) is 0 Å². The molecule has 7 heteroatoms. The molecule has 1 heterocycles. The van der Waals surface area contributed by atoms with Crippen molar-refractivity contribution in [3.8, 4) is 17.6 Å². The number of phenols is 1. The number of alkyl halides is 2. The van der Waals surface area contributed by atoms with Crippen LogP contribution >= 0.6 is 0 Å². The summed E-state index contributed by atoms with van der Waals surface area (Å²) in [4.78, 5) is 4.19. The number of para-hydroxylation sites is 2. The summed E-state index contributed by atoms with van der Waals surface area (Å²) >= 11 is 0. The zero-order chi connectivity index (χ0) is 18.7. The van der Waals surface area contributed by atoms with E-state index in [0.717, 1.165) is 4.57 Å². The van der Waals surface area contributed by atoms with Crippen molar-refractivity contribution < 1.29 is 18.6 Å². The molecule has 1 aromatic heterocycles. The standard InChI is InChI=1S/C19H15F2N3O2/c1-2-26-17-10-12(7-8-16(17)25)9-13(11-22)18-23-14-5-3-4-6-15(14)24(18)19(20)21/h3-10,19,25H,2H2,1H3/b13-9+. The number of hydrogen-bond donors (Lipinski definition) is 1. The number of fused-ring (bicyclic) bond motifs is 1. The highest BCUT2D eigenvalue weighted by molar-refractivity contribution is 5.91. The fourth-order valence-corrected chi connectivity index (χ4v) is 2.64. The molecule has 2 aromatic carbocycles. The van der Waals surface area contributed by atoms with E-state index in [9.17, 15) is 19.1 Å². The van der Waals surface area contributed by atoms with Crippen molar-refractivity contribution in [1.29, 1.82) is 5.26 Å². The number of hydrogen-bond acceptors (Lipinski definition) is 4. The lowest BCUT2D eigenvalue weighted by Crippen LogP contribution is -2.03. The highest BCUT2D eigenvalue weighted by atomic mass is 19.3. The number of ether oxygens (including phenoxy) is 1. The predicted octanol–water partition coefficient (Wildman–Crippen LogP) is 4.60. The quantitative estimate of drug-likeness (QED) is 0.679. The molecule has 5 nitrogen and oxygen atoms in total. The molecule has 26 heavy (non-hydrogen) atoms. The summed E-state index contributed by atoms with van der Waals surface area (Å²) in [5.41, 5.74) is 1.13. The van der Waals surface area contributed by atoms with Gasteiger partial charge in [0.2, 0.25) is 0 Å². The molecule has 3 aromatic rings. The maximum absolute atomic E-state index is 13.6. The molecule has 0 radical (unpaired) electrons. The van der Waals surface area contributed by atoms with Crippen LogP contribution in [0.25, 0.3) is 22.7 Å². The van der Waals surface area contributed by atoms with Crippen molar-refractivity contribution in [3.05, 3.63) is 53.9 Å². The van der Waals surface area contributed by atoms with Crippen LogP contribution < -0.4 is 4.74 Å². The van der Waals surface area contributed by atoms with Gasteiger partial charge in [0.05, 0.1) is 23.2 Å². The van der Waals surface area contributed by atoms with Crippen LogP contribution in [0.5, 0.6) is 11.5 Å². The summed E-state index contributed by atoms with van der Waals surface area (Å²) in [6.45, 7) is -0.714. The first-order valence-corrected chi connectivity index (χ1v) is 7.88. The highest BCUT2D eigenvalue weighted by Crippen LogP contribution is 2.31. The Morgan fingerprint density at radius 1 is 1.35 bits per heavy atom. The number of aromatic hydroxyl groups is 1. The van der Waals surface area contributed by atoms with E-state index in [1.165, 1.54) is 24.3 Å². The highest BCUT2D eigenvalue weighted by Gasteiger charge is 2.20. The van der Waals surface area contributed by atoms with Crippen molar-refractivity contribution in [2.75, 3.05) is 6.61 Å². The first-order chi connectivity index (χ1) is 12.5. The van der Waals surface area contributed by atoms with Crippen LogP contribution in [0.3, 0.4) is 0 Å². The third-order valence-corrected chi connectivity index (χ3v) is 3.75. The second-order valence-corrected chi connectivity index (χ2v) is 5.40. The van der Waals surface area contributed by atoms with Crippen LogP contribution in [0.1, 0.15) is 24.9 Å². The number of benzene rings is 2. The molecule has 0 bridgehead atoms. The van der Waals surface area contributed by atoms with Crippen LogP contribution in [0.4, 0.5) is 8.78 Å². The number of aromatic nitrogens is 2. The SMILES string of the molecule is CCOc1cc(/C=C(\C#N)c2nc3ccccc3n2C(F)F)ccc1O. The summed E-state index contributed by atoms with van der Waals surface area (Å²) < 4.78 is 33.2. The van der Waals surface area contributed by atoms with Gasteiger partial charge in [-0.1, -0.05) is 18.2 Å². The van der Waals surface area contributed by atoms with E-state index in [2.05, 4.69) is 4.98 Å². The maximum Gasteiger partial charge on any atom is 0.320 e. The van der Waals surface area contributed by atoms with E-state index in [0.29, 0.717) is 17.7 Å². The van der Waals surface area contributed by atoms with Gasteiger partial charge in [-0.2, -0.15) is 14.0 Å². The minimum absolute atomic E-state index is 0.0189. The molecule has 1 N–H and O–H groups in total. The minimum atomic E-state index is -2.84. The molecule has 0 unspecified atom stereocenters. The van der Waals surface area contributed by atoms with E-state index in [-0.39, 0.29) is 28.4 Å². The van der Waals surface area contributed by atoms with Gasteiger partial charge in [-0.05, 0) is 42.8 Å². The second-order valence-electron chi connectivity index (χ2n) is 5.40. The Labute approximate surface area is 148 Å². The number of rotatable bonds is 5. The maximum atomic E-state index is 13.6. The van der Waals surface area contributed by atoms with Crippen LogP contribution in [-0.4, -0.2) is 21.3 Å². The molecule has 0 atom stereocenters. The Hall–Kier alpha value is -3.40. The molecule has 0 aliphatic carbocycles. The van der Waals surface area contributed by atoms with E-state index in [4.69, 9.17) is 4.74 Å². The van der Waals surface area contributed by atoms with Crippen molar-refractivity contribution in [3.63, 3.8) is 0 Å². The van der Waals surface area contributed by atoms with Gasteiger partial charge in [0, 0.05) is 0 Å². The van der Waals surface area contributed by atoms with E-state index < -0.39 is 6.55 Å². The van der Waals surface area contributed by atoms with Crippen LogP contribution in [0.2, 0.25) is 0 Å². The minimum Gasteiger partial charge on any atom is -0.504 e. The van der Waals surface area contributed by atoms with E-state index >= 15 is 0 Å². The molecular weight excluding hydrogens is 340 g/mol. The molecule has 0 saturated carbocycles. The van der Waals surface area contributed by atoms with Gasteiger partial charge in [-0.3, -0.25) is 4.57 Å². The monoisotopic (exact) mass is 355 g/mol. The lowest BCUT2D eigenvalue weighted by atomic mass is 10.1. The van der Waals surface area contributed by atoms with Gasteiger partial charge in [-0.15, -0.1) is 0 Å². The lowest BCUT2D eigenvalue weighted by Gasteiger charge is -2.08.